The Hall–Kier alpha value is -2.06. The highest BCUT2D eigenvalue weighted by Crippen LogP contribution is 2.26. The van der Waals surface area contributed by atoms with Crippen molar-refractivity contribution < 1.29 is 8.78 Å². The molecule has 0 aliphatic heterocycles. The molecule has 0 heterocycles. The lowest BCUT2D eigenvalue weighted by Gasteiger charge is -2.05. The topological polar surface area (TPSA) is 49.8 Å². The summed E-state index contributed by atoms with van der Waals surface area (Å²) in [5.41, 5.74) is 6.50. The Morgan fingerprint density at radius 2 is 1.95 bits per heavy atom. The number of thioether (sulfide) groups is 1. The van der Waals surface area contributed by atoms with E-state index in [0.717, 1.165) is 0 Å². The summed E-state index contributed by atoms with van der Waals surface area (Å²) in [5, 5.41) is 8.92. The smallest absolute Gasteiger partial charge is 0.147 e. The van der Waals surface area contributed by atoms with Gasteiger partial charge in [0.15, 0.2) is 0 Å². The van der Waals surface area contributed by atoms with Gasteiger partial charge >= 0.3 is 0 Å². The molecule has 0 amide bonds. The van der Waals surface area contributed by atoms with Crippen molar-refractivity contribution >= 4 is 17.4 Å². The summed E-state index contributed by atoms with van der Waals surface area (Å²) >= 11 is 1.36. The molecule has 2 nitrogen and oxygen atoms in total. The van der Waals surface area contributed by atoms with E-state index >= 15 is 0 Å². The van der Waals surface area contributed by atoms with Crippen LogP contribution in [-0.2, 0) is 5.75 Å². The van der Waals surface area contributed by atoms with E-state index in [1.807, 2.05) is 6.07 Å². The molecule has 0 aliphatic carbocycles. The Kier molecular flexibility index (Phi) is 4.03. The minimum absolute atomic E-state index is 0.101. The second-order valence-corrected chi connectivity index (χ2v) is 4.93. The van der Waals surface area contributed by atoms with Gasteiger partial charge in [0.25, 0.3) is 0 Å². The molecular formula is C14H10F2N2S. The third-order valence-corrected chi connectivity index (χ3v) is 3.60. The van der Waals surface area contributed by atoms with E-state index in [9.17, 15) is 8.78 Å². The first-order valence-corrected chi connectivity index (χ1v) is 6.45. The van der Waals surface area contributed by atoms with Crippen LogP contribution < -0.4 is 5.73 Å². The van der Waals surface area contributed by atoms with E-state index in [2.05, 4.69) is 0 Å². The lowest BCUT2D eigenvalue weighted by Crippen LogP contribution is -1.91. The van der Waals surface area contributed by atoms with Gasteiger partial charge in [0.05, 0.1) is 17.3 Å². The predicted octanol–water partition coefficient (Wildman–Crippen LogP) is 3.71. The number of nitriles is 1. The highest BCUT2D eigenvalue weighted by molar-refractivity contribution is 7.98. The molecular weight excluding hydrogens is 266 g/mol. The summed E-state index contributed by atoms with van der Waals surface area (Å²) in [6, 6.07) is 10.6. The van der Waals surface area contributed by atoms with E-state index in [-0.39, 0.29) is 5.69 Å². The van der Waals surface area contributed by atoms with Crippen LogP contribution >= 0.6 is 11.8 Å². The van der Waals surface area contributed by atoms with Crippen molar-refractivity contribution in [2.45, 2.75) is 10.6 Å². The van der Waals surface area contributed by atoms with Gasteiger partial charge in [-0.1, -0.05) is 6.07 Å². The molecule has 0 spiro atoms. The van der Waals surface area contributed by atoms with Crippen LogP contribution in [-0.4, -0.2) is 0 Å². The zero-order chi connectivity index (χ0) is 13.8. The zero-order valence-electron chi connectivity index (χ0n) is 9.86. The maximum absolute atomic E-state index is 13.3. The van der Waals surface area contributed by atoms with Crippen molar-refractivity contribution in [2.24, 2.45) is 0 Å². The average Bonchev–Trinajstić information content (AvgIpc) is 2.41. The Balaban J connectivity index is 2.14. The minimum Gasteiger partial charge on any atom is -0.396 e. The van der Waals surface area contributed by atoms with Crippen LogP contribution in [0.1, 0.15) is 11.1 Å². The van der Waals surface area contributed by atoms with Gasteiger partial charge in [-0.15, -0.1) is 11.8 Å². The maximum Gasteiger partial charge on any atom is 0.147 e. The Bertz CT molecular complexity index is 650. The molecule has 0 aromatic heterocycles. The van der Waals surface area contributed by atoms with Gasteiger partial charge in [0.1, 0.15) is 11.6 Å². The Morgan fingerprint density at radius 1 is 1.16 bits per heavy atom. The van der Waals surface area contributed by atoms with Crippen molar-refractivity contribution in [2.75, 3.05) is 5.73 Å². The number of nitrogens with zero attached hydrogens (tertiary/aromatic N) is 1. The SMILES string of the molecule is N#Cc1cc(F)ccc1CSc1ccc(N)c(F)c1. The first kappa shape index (κ1) is 13.4. The highest BCUT2D eigenvalue weighted by Gasteiger charge is 2.06. The van der Waals surface area contributed by atoms with Crippen LogP contribution in [0.25, 0.3) is 0 Å². The third kappa shape index (κ3) is 3.24. The van der Waals surface area contributed by atoms with Crippen LogP contribution in [0.15, 0.2) is 41.3 Å². The second kappa shape index (κ2) is 5.72. The van der Waals surface area contributed by atoms with Crippen LogP contribution in [0.4, 0.5) is 14.5 Å². The predicted molar refractivity (Wildman–Crippen MR) is 71.5 cm³/mol. The number of hydrogen-bond acceptors (Lipinski definition) is 3. The molecule has 5 heteroatoms. The molecule has 96 valence electrons. The van der Waals surface area contributed by atoms with Crippen LogP contribution in [0.5, 0.6) is 0 Å². The van der Waals surface area contributed by atoms with Crippen molar-refractivity contribution in [1.82, 2.24) is 0 Å². The largest absolute Gasteiger partial charge is 0.396 e. The zero-order valence-corrected chi connectivity index (χ0v) is 10.7. The second-order valence-electron chi connectivity index (χ2n) is 3.89. The molecule has 19 heavy (non-hydrogen) atoms. The van der Waals surface area contributed by atoms with Crippen molar-refractivity contribution in [3.63, 3.8) is 0 Å². The van der Waals surface area contributed by atoms with E-state index < -0.39 is 11.6 Å². The van der Waals surface area contributed by atoms with E-state index in [1.54, 1.807) is 12.1 Å². The molecule has 0 atom stereocenters. The standard InChI is InChI=1S/C14H10F2N2S/c15-11-2-1-9(10(5-11)7-17)8-19-12-3-4-14(18)13(16)6-12/h1-6H,8,18H2. The summed E-state index contributed by atoms with van der Waals surface area (Å²) in [4.78, 5) is 0.708. The number of anilines is 1. The average molecular weight is 276 g/mol. The molecule has 2 aromatic carbocycles. The number of nitrogen functional groups attached to an aromatic ring is 1. The van der Waals surface area contributed by atoms with Crippen molar-refractivity contribution in [1.29, 1.82) is 5.26 Å². The molecule has 0 radical (unpaired) electrons. The van der Waals surface area contributed by atoms with Gasteiger partial charge < -0.3 is 5.73 Å². The van der Waals surface area contributed by atoms with Crippen molar-refractivity contribution in [3.05, 3.63) is 59.2 Å². The fourth-order valence-corrected chi connectivity index (χ4v) is 2.46. The lowest BCUT2D eigenvalue weighted by molar-refractivity contribution is 0.627. The Morgan fingerprint density at radius 3 is 2.63 bits per heavy atom. The minimum atomic E-state index is -0.468. The summed E-state index contributed by atoms with van der Waals surface area (Å²) in [5.74, 6) is -0.444. The summed E-state index contributed by atoms with van der Waals surface area (Å²) < 4.78 is 26.2. The molecule has 0 aliphatic rings. The van der Waals surface area contributed by atoms with Gasteiger partial charge in [-0.3, -0.25) is 0 Å². The summed E-state index contributed by atoms with van der Waals surface area (Å²) in [7, 11) is 0. The van der Waals surface area contributed by atoms with Gasteiger partial charge in [-0.2, -0.15) is 5.26 Å². The fraction of sp³-hybridized carbons (Fsp3) is 0.0714. The van der Waals surface area contributed by atoms with Crippen LogP contribution in [0.3, 0.4) is 0 Å². The van der Waals surface area contributed by atoms with Gasteiger partial charge in [-0.25, -0.2) is 8.78 Å². The summed E-state index contributed by atoms with van der Waals surface area (Å²) in [6.45, 7) is 0. The normalized spacial score (nSPS) is 10.2. The van der Waals surface area contributed by atoms with Gasteiger partial charge in [-0.05, 0) is 35.9 Å². The van der Waals surface area contributed by atoms with Crippen LogP contribution in [0, 0.1) is 23.0 Å². The molecule has 2 rings (SSSR count). The van der Waals surface area contributed by atoms with E-state index in [1.165, 1.54) is 36.0 Å². The molecule has 0 saturated heterocycles. The third-order valence-electron chi connectivity index (χ3n) is 2.56. The van der Waals surface area contributed by atoms with Crippen LogP contribution in [0.2, 0.25) is 0 Å². The Labute approximate surface area is 113 Å². The molecule has 0 saturated carbocycles. The van der Waals surface area contributed by atoms with Gasteiger partial charge in [0.2, 0.25) is 0 Å². The monoisotopic (exact) mass is 276 g/mol. The number of halogens is 2. The number of benzene rings is 2. The fourth-order valence-electron chi connectivity index (χ4n) is 1.54. The van der Waals surface area contributed by atoms with E-state index in [4.69, 9.17) is 11.0 Å². The molecule has 0 unspecified atom stereocenters. The molecule has 0 bridgehead atoms. The quantitative estimate of drug-likeness (QED) is 0.686. The molecule has 0 fully saturated rings. The number of hydrogen-bond donors (Lipinski definition) is 1. The number of nitrogens with two attached hydrogens (primary N) is 1. The first-order valence-electron chi connectivity index (χ1n) is 5.46. The molecule has 2 N–H and O–H groups in total. The number of rotatable bonds is 3. The van der Waals surface area contributed by atoms with Crippen molar-refractivity contribution in [3.8, 4) is 6.07 Å². The maximum atomic E-state index is 13.3. The molecule has 2 aromatic rings. The first-order chi connectivity index (χ1) is 9.10. The highest BCUT2D eigenvalue weighted by atomic mass is 32.2. The summed E-state index contributed by atoms with van der Waals surface area (Å²) in [6.07, 6.45) is 0. The van der Waals surface area contributed by atoms with E-state index in [0.29, 0.717) is 21.8 Å². The lowest BCUT2D eigenvalue weighted by atomic mass is 10.1. The van der Waals surface area contributed by atoms with Gasteiger partial charge in [0, 0.05) is 10.6 Å².